The molecule has 3 unspecified atom stereocenters. The van der Waals surface area contributed by atoms with Crippen molar-refractivity contribution in [2.24, 2.45) is 5.92 Å². The zero-order valence-electron chi connectivity index (χ0n) is 22.8. The van der Waals surface area contributed by atoms with E-state index in [4.69, 9.17) is 0 Å². The molecule has 1 saturated heterocycles. The lowest BCUT2D eigenvalue weighted by atomic mass is 9.78. The molecule has 1 aromatic rings. The van der Waals surface area contributed by atoms with Gasteiger partial charge in [-0.2, -0.15) is 0 Å². The van der Waals surface area contributed by atoms with Crippen molar-refractivity contribution in [3.63, 3.8) is 0 Å². The minimum absolute atomic E-state index is 0.249. The topological polar surface area (TPSA) is 43.9 Å². The van der Waals surface area contributed by atoms with Crippen molar-refractivity contribution in [2.75, 3.05) is 44.2 Å². The standard InChI is InChI=1S/C31H47N3O2/c1-5-9-17-32(23-30(36)33-18-11-10-12-19-33)20-21-34-28(14-7-3)31(26(8-4)13-6-2)27-16-15-25(24-35)22-29(27)34/h5,7,9,15-16,22,24,26,28,31H,3,6,8,10-14,17-21,23H2,1-2,4H3/b9-5+. The van der Waals surface area contributed by atoms with Crippen molar-refractivity contribution in [2.45, 2.75) is 77.7 Å². The molecular weight excluding hydrogens is 446 g/mol. The molecule has 36 heavy (non-hydrogen) atoms. The van der Waals surface area contributed by atoms with Crippen molar-refractivity contribution >= 4 is 17.9 Å². The fourth-order valence-electron chi connectivity index (χ4n) is 6.22. The number of anilines is 1. The Hall–Kier alpha value is -2.40. The lowest BCUT2D eigenvalue weighted by molar-refractivity contribution is -0.133. The molecule has 198 valence electrons. The molecule has 0 radical (unpaired) electrons. The lowest BCUT2D eigenvalue weighted by Gasteiger charge is -2.35. The highest BCUT2D eigenvalue weighted by Gasteiger charge is 2.41. The molecular formula is C31H47N3O2. The van der Waals surface area contributed by atoms with Gasteiger partial charge in [-0.3, -0.25) is 14.5 Å². The van der Waals surface area contributed by atoms with Gasteiger partial charge in [0.25, 0.3) is 0 Å². The summed E-state index contributed by atoms with van der Waals surface area (Å²) in [5.41, 5.74) is 3.29. The van der Waals surface area contributed by atoms with E-state index < -0.39 is 0 Å². The summed E-state index contributed by atoms with van der Waals surface area (Å²) in [5.74, 6) is 1.28. The van der Waals surface area contributed by atoms with E-state index in [0.29, 0.717) is 24.4 Å². The normalized spacial score (nSPS) is 20.7. The summed E-state index contributed by atoms with van der Waals surface area (Å²) in [6.45, 7) is 15.4. The van der Waals surface area contributed by atoms with Gasteiger partial charge in [0.15, 0.2) is 0 Å². The number of piperidine rings is 1. The van der Waals surface area contributed by atoms with Crippen LogP contribution in [-0.2, 0) is 4.79 Å². The van der Waals surface area contributed by atoms with Crippen molar-refractivity contribution in [1.82, 2.24) is 9.80 Å². The lowest BCUT2D eigenvalue weighted by Crippen LogP contribution is -2.46. The Bertz CT molecular complexity index is 890. The summed E-state index contributed by atoms with van der Waals surface area (Å²) in [6.07, 6.45) is 15.1. The Morgan fingerprint density at radius 1 is 1.22 bits per heavy atom. The first-order valence-electron chi connectivity index (χ1n) is 14.2. The molecule has 1 amide bonds. The number of benzene rings is 1. The molecule has 5 nitrogen and oxygen atoms in total. The molecule has 2 aliphatic rings. The molecule has 3 atom stereocenters. The van der Waals surface area contributed by atoms with Crippen LogP contribution in [0, 0.1) is 5.92 Å². The summed E-state index contributed by atoms with van der Waals surface area (Å²) >= 11 is 0. The maximum absolute atomic E-state index is 13.1. The smallest absolute Gasteiger partial charge is 0.236 e. The fraction of sp³-hybridized carbons (Fsp3) is 0.613. The Morgan fingerprint density at radius 3 is 2.64 bits per heavy atom. The second-order valence-corrected chi connectivity index (χ2v) is 10.4. The Balaban J connectivity index is 1.84. The monoisotopic (exact) mass is 493 g/mol. The number of carbonyl (C=O) groups is 2. The third-order valence-electron chi connectivity index (χ3n) is 8.10. The third kappa shape index (κ3) is 6.88. The fourth-order valence-corrected chi connectivity index (χ4v) is 6.22. The molecule has 0 spiro atoms. The number of hydrogen-bond donors (Lipinski definition) is 0. The Kier molecular flexibility index (Phi) is 11.2. The van der Waals surface area contributed by atoms with Crippen LogP contribution < -0.4 is 4.90 Å². The van der Waals surface area contributed by atoms with Crippen LogP contribution in [0.15, 0.2) is 43.0 Å². The highest BCUT2D eigenvalue weighted by atomic mass is 16.2. The van der Waals surface area contributed by atoms with E-state index in [9.17, 15) is 9.59 Å². The second-order valence-electron chi connectivity index (χ2n) is 10.4. The van der Waals surface area contributed by atoms with Gasteiger partial charge in [0.1, 0.15) is 6.29 Å². The van der Waals surface area contributed by atoms with Gasteiger partial charge < -0.3 is 9.80 Å². The van der Waals surface area contributed by atoms with Crippen LogP contribution in [0.25, 0.3) is 0 Å². The molecule has 0 saturated carbocycles. The highest BCUT2D eigenvalue weighted by Crippen LogP contribution is 2.48. The number of nitrogens with zero attached hydrogens (tertiary/aromatic N) is 3. The van der Waals surface area contributed by atoms with Crippen LogP contribution in [0.2, 0.25) is 0 Å². The summed E-state index contributed by atoms with van der Waals surface area (Å²) in [7, 11) is 0. The zero-order valence-corrected chi connectivity index (χ0v) is 22.8. The van der Waals surface area contributed by atoms with Gasteiger partial charge in [-0.05, 0) is 50.2 Å². The first-order valence-corrected chi connectivity index (χ1v) is 14.2. The summed E-state index contributed by atoms with van der Waals surface area (Å²) < 4.78 is 0. The predicted molar refractivity (Wildman–Crippen MR) is 151 cm³/mol. The first-order chi connectivity index (χ1) is 17.6. The number of allylic oxidation sites excluding steroid dienone is 1. The number of hydrogen-bond acceptors (Lipinski definition) is 4. The van der Waals surface area contributed by atoms with Gasteiger partial charge in [-0.15, -0.1) is 6.58 Å². The largest absolute Gasteiger partial charge is 0.366 e. The molecule has 0 aromatic heterocycles. The van der Waals surface area contributed by atoms with E-state index in [0.717, 1.165) is 70.3 Å². The first kappa shape index (κ1) is 28.2. The van der Waals surface area contributed by atoms with Crippen LogP contribution in [0.4, 0.5) is 5.69 Å². The average Bonchev–Trinajstić information content (AvgIpc) is 3.21. The van der Waals surface area contributed by atoms with E-state index >= 15 is 0 Å². The molecule has 1 aromatic carbocycles. The van der Waals surface area contributed by atoms with Crippen LogP contribution in [-0.4, -0.2) is 67.3 Å². The van der Waals surface area contributed by atoms with Gasteiger partial charge in [-0.1, -0.05) is 63.5 Å². The molecule has 3 rings (SSSR count). The molecule has 0 bridgehead atoms. The SMILES string of the molecule is C=CCC1C(C(CC)CCC)c2ccc(C=O)cc2N1CCN(C/C=C/C)CC(=O)N1CCCCC1. The highest BCUT2D eigenvalue weighted by molar-refractivity contribution is 5.80. The minimum atomic E-state index is 0.249. The van der Waals surface area contributed by atoms with Gasteiger partial charge in [0, 0.05) is 55.9 Å². The molecule has 2 aliphatic heterocycles. The quantitative estimate of drug-likeness (QED) is 0.233. The summed E-state index contributed by atoms with van der Waals surface area (Å²) in [4.78, 5) is 31.6. The van der Waals surface area contributed by atoms with E-state index in [2.05, 4.69) is 54.5 Å². The minimum Gasteiger partial charge on any atom is -0.366 e. The van der Waals surface area contributed by atoms with E-state index in [1.807, 2.05) is 24.0 Å². The maximum atomic E-state index is 13.1. The predicted octanol–water partition coefficient (Wildman–Crippen LogP) is 6.06. The summed E-state index contributed by atoms with van der Waals surface area (Å²) in [6, 6.07) is 6.57. The van der Waals surface area contributed by atoms with Crippen molar-refractivity contribution in [3.05, 3.63) is 54.1 Å². The average molecular weight is 494 g/mol. The molecule has 2 heterocycles. The van der Waals surface area contributed by atoms with Gasteiger partial charge in [0.05, 0.1) is 6.54 Å². The number of likely N-dealkylation sites (tertiary alicyclic amines) is 1. The van der Waals surface area contributed by atoms with Gasteiger partial charge >= 0.3 is 0 Å². The van der Waals surface area contributed by atoms with E-state index in [1.54, 1.807) is 0 Å². The molecule has 0 aliphatic carbocycles. The van der Waals surface area contributed by atoms with Crippen LogP contribution in [0.5, 0.6) is 0 Å². The maximum Gasteiger partial charge on any atom is 0.236 e. The number of rotatable bonds is 14. The molecule has 5 heteroatoms. The van der Waals surface area contributed by atoms with Gasteiger partial charge in [-0.25, -0.2) is 0 Å². The van der Waals surface area contributed by atoms with Gasteiger partial charge in [0.2, 0.25) is 5.91 Å². The van der Waals surface area contributed by atoms with E-state index in [1.165, 1.54) is 30.5 Å². The number of aldehydes is 1. The van der Waals surface area contributed by atoms with Crippen LogP contribution in [0.3, 0.4) is 0 Å². The number of fused-ring (bicyclic) bond motifs is 1. The number of carbonyl (C=O) groups excluding carboxylic acids is 2. The van der Waals surface area contributed by atoms with Crippen molar-refractivity contribution in [1.29, 1.82) is 0 Å². The van der Waals surface area contributed by atoms with Crippen LogP contribution in [0.1, 0.15) is 87.6 Å². The van der Waals surface area contributed by atoms with Crippen LogP contribution >= 0.6 is 0 Å². The van der Waals surface area contributed by atoms with Crippen molar-refractivity contribution < 1.29 is 9.59 Å². The third-order valence-corrected chi connectivity index (χ3v) is 8.10. The second kappa shape index (κ2) is 14.4. The van der Waals surface area contributed by atoms with E-state index in [-0.39, 0.29) is 5.91 Å². The zero-order chi connectivity index (χ0) is 25.9. The molecule has 0 N–H and O–H groups in total. The Labute approximate surface area is 219 Å². The number of amides is 1. The summed E-state index contributed by atoms with van der Waals surface area (Å²) in [5, 5.41) is 0. The Morgan fingerprint density at radius 2 is 2.00 bits per heavy atom. The van der Waals surface area contributed by atoms with Crippen molar-refractivity contribution in [3.8, 4) is 0 Å². The molecule has 1 fully saturated rings.